The predicted molar refractivity (Wildman–Crippen MR) is 43.0 cm³/mol. The Balaban J connectivity index is 2.44. The van der Waals surface area contributed by atoms with Gasteiger partial charge in [-0.1, -0.05) is 28.1 Å². The van der Waals surface area contributed by atoms with E-state index in [-0.39, 0.29) is 10.9 Å². The van der Waals surface area contributed by atoms with Crippen molar-refractivity contribution in [2.75, 3.05) is 0 Å². The molecule has 0 N–H and O–H groups in total. The third-order valence-corrected chi connectivity index (χ3v) is 2.48. The molecule has 1 aliphatic carbocycles. The zero-order valence-corrected chi connectivity index (χ0v) is 7.36. The third-order valence-electron chi connectivity index (χ3n) is 1.52. The Kier molecular flexibility index (Phi) is 2.87. The highest BCUT2D eigenvalue weighted by Crippen LogP contribution is 2.21. The van der Waals surface area contributed by atoms with Crippen molar-refractivity contribution < 1.29 is 9.92 Å². The van der Waals surface area contributed by atoms with E-state index in [2.05, 4.69) is 20.8 Å². The molecule has 5 heteroatoms. The lowest BCUT2D eigenvalue weighted by molar-refractivity contribution is -0.768. The van der Waals surface area contributed by atoms with Crippen molar-refractivity contribution in [1.29, 1.82) is 0 Å². The van der Waals surface area contributed by atoms with E-state index in [0.29, 0.717) is 6.42 Å². The highest BCUT2D eigenvalue weighted by molar-refractivity contribution is 9.09. The van der Waals surface area contributed by atoms with Crippen molar-refractivity contribution >= 4 is 15.9 Å². The SMILES string of the molecule is O=[N+]([O-])O[C@@H]1CC=CC[C@H]1Br. The van der Waals surface area contributed by atoms with Gasteiger partial charge in [0.2, 0.25) is 0 Å². The molecule has 62 valence electrons. The Labute approximate surface area is 72.5 Å². The fraction of sp³-hybridized carbons (Fsp3) is 0.667. The van der Waals surface area contributed by atoms with Gasteiger partial charge in [-0.25, -0.2) is 0 Å². The zero-order chi connectivity index (χ0) is 8.27. The molecule has 0 aromatic heterocycles. The lowest BCUT2D eigenvalue weighted by atomic mass is 10.1. The van der Waals surface area contributed by atoms with Crippen LogP contribution in [0.3, 0.4) is 0 Å². The Bertz CT molecular complexity index is 183. The smallest absolute Gasteiger partial charge is 0.294 e. The fourth-order valence-corrected chi connectivity index (χ4v) is 1.50. The third kappa shape index (κ3) is 2.49. The first-order valence-electron chi connectivity index (χ1n) is 3.30. The average molecular weight is 222 g/mol. The highest BCUT2D eigenvalue weighted by Gasteiger charge is 2.22. The van der Waals surface area contributed by atoms with Crippen LogP contribution in [0.1, 0.15) is 12.8 Å². The molecule has 0 unspecified atom stereocenters. The molecule has 0 saturated carbocycles. The summed E-state index contributed by atoms with van der Waals surface area (Å²) >= 11 is 3.30. The molecule has 0 saturated heterocycles. The van der Waals surface area contributed by atoms with E-state index in [1.165, 1.54) is 0 Å². The van der Waals surface area contributed by atoms with Crippen LogP contribution >= 0.6 is 15.9 Å². The number of allylic oxidation sites excluding steroid dienone is 1. The molecule has 0 radical (unpaired) electrons. The van der Waals surface area contributed by atoms with E-state index in [4.69, 9.17) is 0 Å². The van der Waals surface area contributed by atoms with E-state index in [9.17, 15) is 10.1 Å². The van der Waals surface area contributed by atoms with Crippen molar-refractivity contribution in [2.45, 2.75) is 23.8 Å². The number of alkyl halides is 1. The van der Waals surface area contributed by atoms with E-state index in [0.717, 1.165) is 6.42 Å². The van der Waals surface area contributed by atoms with Crippen LogP contribution in [0, 0.1) is 10.1 Å². The van der Waals surface area contributed by atoms with Crippen molar-refractivity contribution in [2.24, 2.45) is 0 Å². The summed E-state index contributed by atoms with van der Waals surface area (Å²) in [6.45, 7) is 0. The molecule has 2 atom stereocenters. The minimum Gasteiger partial charge on any atom is -0.309 e. The molecular formula is C6H8BrNO3. The molecule has 0 amide bonds. The second-order valence-corrected chi connectivity index (χ2v) is 3.50. The topological polar surface area (TPSA) is 52.4 Å². The minimum absolute atomic E-state index is 0.0675. The molecule has 4 nitrogen and oxygen atoms in total. The van der Waals surface area contributed by atoms with Gasteiger partial charge in [0.25, 0.3) is 5.09 Å². The Hall–Kier alpha value is -0.580. The Morgan fingerprint density at radius 2 is 2.18 bits per heavy atom. The Morgan fingerprint density at radius 3 is 2.73 bits per heavy atom. The van der Waals surface area contributed by atoms with Crippen LogP contribution in [0.5, 0.6) is 0 Å². The molecule has 0 aromatic rings. The number of hydrogen-bond donors (Lipinski definition) is 0. The zero-order valence-electron chi connectivity index (χ0n) is 5.77. The summed E-state index contributed by atoms with van der Waals surface area (Å²) in [4.78, 5) is 14.4. The van der Waals surface area contributed by atoms with Crippen LogP contribution in [0.4, 0.5) is 0 Å². The molecular weight excluding hydrogens is 214 g/mol. The monoisotopic (exact) mass is 221 g/mol. The standard InChI is InChI=1S/C6H8BrNO3/c7-5-3-1-2-4-6(5)11-8(9)10/h1-2,5-6H,3-4H2/t5-,6-/m1/s1. The molecule has 0 fully saturated rings. The summed E-state index contributed by atoms with van der Waals surface area (Å²) in [6, 6.07) is 0. The quantitative estimate of drug-likeness (QED) is 0.309. The molecule has 0 aromatic carbocycles. The van der Waals surface area contributed by atoms with Crippen molar-refractivity contribution in [3.8, 4) is 0 Å². The number of halogens is 1. The normalized spacial score (nSPS) is 29.9. The van der Waals surface area contributed by atoms with E-state index < -0.39 is 5.09 Å². The molecule has 1 rings (SSSR count). The van der Waals surface area contributed by atoms with Gasteiger partial charge < -0.3 is 4.84 Å². The first-order valence-corrected chi connectivity index (χ1v) is 4.22. The van der Waals surface area contributed by atoms with Crippen LogP contribution in [0.15, 0.2) is 12.2 Å². The van der Waals surface area contributed by atoms with Crippen LogP contribution < -0.4 is 0 Å². The van der Waals surface area contributed by atoms with Gasteiger partial charge in [-0.2, -0.15) is 0 Å². The Morgan fingerprint density at radius 1 is 1.55 bits per heavy atom. The second kappa shape index (κ2) is 3.71. The van der Waals surface area contributed by atoms with Gasteiger partial charge in [-0.3, -0.25) is 0 Å². The minimum atomic E-state index is -0.738. The molecule has 0 bridgehead atoms. The number of rotatable bonds is 2. The lowest BCUT2D eigenvalue weighted by Gasteiger charge is -2.20. The summed E-state index contributed by atoms with van der Waals surface area (Å²) in [7, 11) is 0. The first kappa shape index (κ1) is 8.52. The van der Waals surface area contributed by atoms with Gasteiger partial charge in [0.05, 0.1) is 0 Å². The molecule has 1 aliphatic rings. The largest absolute Gasteiger partial charge is 0.309 e. The van der Waals surface area contributed by atoms with Crippen molar-refractivity contribution in [3.63, 3.8) is 0 Å². The maximum absolute atomic E-state index is 9.95. The van der Waals surface area contributed by atoms with Crippen LogP contribution in [0.25, 0.3) is 0 Å². The lowest BCUT2D eigenvalue weighted by Crippen LogP contribution is -2.27. The van der Waals surface area contributed by atoms with E-state index in [1.54, 1.807) is 0 Å². The van der Waals surface area contributed by atoms with E-state index in [1.807, 2.05) is 12.2 Å². The van der Waals surface area contributed by atoms with Crippen molar-refractivity contribution in [3.05, 3.63) is 22.3 Å². The van der Waals surface area contributed by atoms with Gasteiger partial charge in [-0.15, -0.1) is 10.1 Å². The molecule has 0 aliphatic heterocycles. The molecule has 11 heavy (non-hydrogen) atoms. The predicted octanol–water partition coefficient (Wildman–Crippen LogP) is 1.68. The summed E-state index contributed by atoms with van der Waals surface area (Å²) in [5.74, 6) is 0. The highest BCUT2D eigenvalue weighted by atomic mass is 79.9. The fourth-order valence-electron chi connectivity index (χ4n) is 0.976. The maximum Gasteiger partial charge on any atom is 0.294 e. The molecule has 0 spiro atoms. The second-order valence-electron chi connectivity index (χ2n) is 2.33. The van der Waals surface area contributed by atoms with Crippen LogP contribution in [0.2, 0.25) is 0 Å². The van der Waals surface area contributed by atoms with E-state index >= 15 is 0 Å². The van der Waals surface area contributed by atoms with Gasteiger partial charge in [0.1, 0.15) is 6.10 Å². The number of hydrogen-bond acceptors (Lipinski definition) is 3. The number of nitrogens with zero attached hydrogens (tertiary/aromatic N) is 1. The average Bonchev–Trinajstić information content (AvgIpc) is 1.93. The summed E-state index contributed by atoms with van der Waals surface area (Å²) < 4.78 is 0. The molecule has 0 heterocycles. The first-order chi connectivity index (χ1) is 5.20. The van der Waals surface area contributed by atoms with Gasteiger partial charge in [-0.05, 0) is 12.8 Å². The summed E-state index contributed by atoms with van der Waals surface area (Å²) in [5.41, 5.74) is 0. The van der Waals surface area contributed by atoms with Crippen LogP contribution in [-0.2, 0) is 4.84 Å². The maximum atomic E-state index is 9.95. The van der Waals surface area contributed by atoms with Gasteiger partial charge in [0, 0.05) is 4.83 Å². The van der Waals surface area contributed by atoms with Gasteiger partial charge in [0.15, 0.2) is 0 Å². The van der Waals surface area contributed by atoms with Crippen LogP contribution in [-0.4, -0.2) is 16.0 Å². The summed E-state index contributed by atoms with van der Waals surface area (Å²) in [6.07, 6.45) is 4.95. The van der Waals surface area contributed by atoms with Gasteiger partial charge >= 0.3 is 0 Å². The summed E-state index contributed by atoms with van der Waals surface area (Å²) in [5, 5.41) is 9.21. The van der Waals surface area contributed by atoms with Crippen molar-refractivity contribution in [1.82, 2.24) is 0 Å².